The maximum Gasteiger partial charge on any atom is 0.258 e. The zero-order valence-corrected chi connectivity index (χ0v) is 19.4. The average Bonchev–Trinajstić information content (AvgIpc) is 2.78. The third-order valence-electron chi connectivity index (χ3n) is 6.07. The lowest BCUT2D eigenvalue weighted by atomic mass is 10.0. The zero-order valence-electron chi connectivity index (χ0n) is 17.8. The van der Waals surface area contributed by atoms with Crippen LogP contribution in [0.2, 0.25) is 5.02 Å². The van der Waals surface area contributed by atoms with Crippen LogP contribution < -0.4 is 9.64 Å². The first-order valence-corrected chi connectivity index (χ1v) is 12.4. The smallest absolute Gasteiger partial charge is 0.258 e. The van der Waals surface area contributed by atoms with E-state index in [1.807, 2.05) is 25.1 Å². The molecule has 2 aliphatic heterocycles. The van der Waals surface area contributed by atoms with Crippen LogP contribution in [0.15, 0.2) is 41.3 Å². The number of piperidine rings is 1. The molecule has 0 aliphatic carbocycles. The summed E-state index contributed by atoms with van der Waals surface area (Å²) in [7, 11) is -2.15. The summed E-state index contributed by atoms with van der Waals surface area (Å²) in [5, 5.41) is 0.138. The first-order valence-electron chi connectivity index (χ1n) is 10.6. The van der Waals surface area contributed by atoms with Crippen LogP contribution in [0.3, 0.4) is 0 Å². The fraction of sp³-hybridized carbons (Fsp3) is 0.435. The number of halogens is 1. The monoisotopic (exact) mass is 462 g/mol. The maximum absolute atomic E-state index is 13.4. The van der Waals surface area contributed by atoms with Gasteiger partial charge in [-0.3, -0.25) is 4.79 Å². The minimum atomic E-state index is -3.77. The number of carbonyl (C=O) groups excluding carboxylic acids is 1. The van der Waals surface area contributed by atoms with Gasteiger partial charge in [-0.15, -0.1) is 0 Å². The largest absolute Gasteiger partial charge is 0.497 e. The summed E-state index contributed by atoms with van der Waals surface area (Å²) >= 11 is 6.30. The highest BCUT2D eigenvalue weighted by Crippen LogP contribution is 2.33. The molecule has 4 rings (SSSR count). The number of methoxy groups -OCH3 is 1. The lowest BCUT2D eigenvalue weighted by Gasteiger charge is -2.31. The predicted octanol–water partition coefficient (Wildman–Crippen LogP) is 4.36. The second-order valence-corrected chi connectivity index (χ2v) is 10.6. The van der Waals surface area contributed by atoms with Crippen molar-refractivity contribution >= 4 is 33.2 Å². The number of sulfonamides is 1. The summed E-state index contributed by atoms with van der Waals surface area (Å²) in [4.78, 5) is 15.1. The third-order valence-corrected chi connectivity index (χ3v) is 8.41. The Kier molecular flexibility index (Phi) is 6.28. The average molecular weight is 463 g/mol. The highest BCUT2D eigenvalue weighted by molar-refractivity contribution is 7.89. The summed E-state index contributed by atoms with van der Waals surface area (Å²) in [6.45, 7) is 3.57. The summed E-state index contributed by atoms with van der Waals surface area (Å²) < 4.78 is 33.3. The van der Waals surface area contributed by atoms with Crippen LogP contribution in [-0.2, 0) is 16.4 Å². The van der Waals surface area contributed by atoms with Crippen molar-refractivity contribution in [3.05, 3.63) is 52.5 Å². The first kappa shape index (κ1) is 22.1. The molecule has 31 heavy (non-hydrogen) atoms. The van der Waals surface area contributed by atoms with E-state index in [9.17, 15) is 13.2 Å². The van der Waals surface area contributed by atoms with Crippen molar-refractivity contribution in [1.82, 2.24) is 4.31 Å². The molecule has 2 heterocycles. The van der Waals surface area contributed by atoms with Gasteiger partial charge < -0.3 is 9.64 Å². The van der Waals surface area contributed by atoms with E-state index in [-0.39, 0.29) is 15.8 Å². The molecule has 0 aromatic heterocycles. The van der Waals surface area contributed by atoms with E-state index in [1.54, 1.807) is 18.1 Å². The molecule has 0 unspecified atom stereocenters. The number of fused-ring (bicyclic) bond motifs is 1. The molecule has 0 bridgehead atoms. The molecule has 0 radical (unpaired) electrons. The number of aryl methyl sites for hydroxylation is 1. The molecule has 1 amide bonds. The lowest BCUT2D eigenvalue weighted by Crippen LogP contribution is -2.39. The molecule has 2 aromatic carbocycles. The third kappa shape index (κ3) is 4.31. The minimum Gasteiger partial charge on any atom is -0.497 e. The Hall–Kier alpha value is -2.09. The van der Waals surface area contributed by atoms with Gasteiger partial charge in [0.15, 0.2) is 0 Å². The zero-order chi connectivity index (χ0) is 22.2. The summed E-state index contributed by atoms with van der Waals surface area (Å²) in [6.07, 6.45) is 3.53. The lowest BCUT2D eigenvalue weighted by molar-refractivity contribution is 0.0985. The summed E-state index contributed by atoms with van der Waals surface area (Å²) in [5.41, 5.74) is 2.20. The van der Waals surface area contributed by atoms with Crippen molar-refractivity contribution in [3.63, 3.8) is 0 Å². The number of hydrogen-bond donors (Lipinski definition) is 0. The van der Waals surface area contributed by atoms with Crippen LogP contribution in [0.5, 0.6) is 5.75 Å². The van der Waals surface area contributed by atoms with Crippen LogP contribution in [0.25, 0.3) is 0 Å². The van der Waals surface area contributed by atoms with E-state index >= 15 is 0 Å². The van der Waals surface area contributed by atoms with Gasteiger partial charge in [-0.25, -0.2) is 8.42 Å². The quantitative estimate of drug-likeness (QED) is 0.677. The summed E-state index contributed by atoms with van der Waals surface area (Å²) in [5.74, 6) is 0.823. The fourth-order valence-electron chi connectivity index (χ4n) is 4.41. The Morgan fingerprint density at radius 1 is 1.13 bits per heavy atom. The maximum atomic E-state index is 13.4. The number of ether oxygens (including phenoxy) is 1. The Morgan fingerprint density at radius 3 is 2.68 bits per heavy atom. The minimum absolute atomic E-state index is 0.00100. The second kappa shape index (κ2) is 8.81. The Morgan fingerprint density at radius 2 is 1.94 bits per heavy atom. The molecule has 2 aromatic rings. The van der Waals surface area contributed by atoms with E-state index < -0.39 is 10.0 Å². The molecule has 1 saturated heterocycles. The molecule has 0 spiro atoms. The van der Waals surface area contributed by atoms with Gasteiger partial charge in [0.05, 0.1) is 12.1 Å². The molecule has 1 fully saturated rings. The van der Waals surface area contributed by atoms with E-state index in [2.05, 4.69) is 0 Å². The topological polar surface area (TPSA) is 66.9 Å². The van der Waals surface area contributed by atoms with Crippen molar-refractivity contribution in [2.75, 3.05) is 31.6 Å². The molecule has 6 nitrogen and oxygen atoms in total. The highest BCUT2D eigenvalue weighted by atomic mass is 35.5. The van der Waals surface area contributed by atoms with Gasteiger partial charge in [0, 0.05) is 30.9 Å². The molecule has 8 heteroatoms. The van der Waals surface area contributed by atoms with Gasteiger partial charge in [0.1, 0.15) is 10.6 Å². The molecular weight excluding hydrogens is 436 g/mol. The normalized spacial score (nSPS) is 19.7. The number of carbonyl (C=O) groups is 1. The van der Waals surface area contributed by atoms with Crippen LogP contribution >= 0.6 is 11.6 Å². The second-order valence-electron chi connectivity index (χ2n) is 8.31. The van der Waals surface area contributed by atoms with E-state index in [0.29, 0.717) is 31.1 Å². The molecule has 0 saturated carbocycles. The number of benzene rings is 2. The van der Waals surface area contributed by atoms with Gasteiger partial charge in [-0.1, -0.05) is 18.5 Å². The molecule has 2 aliphatic rings. The highest BCUT2D eigenvalue weighted by Gasteiger charge is 2.32. The van der Waals surface area contributed by atoms with E-state index in [1.165, 1.54) is 16.4 Å². The SMILES string of the molecule is COc1ccc2c(c1)CCCN2C(=O)c1ccc(Cl)c(S(=O)(=O)N2CCC[C@H](C)C2)c1. The standard InChI is InChI=1S/C23H27ClN2O4S/c1-16-5-3-11-25(15-16)31(28,29)22-14-18(7-9-20(22)24)23(27)26-12-4-6-17-13-19(30-2)8-10-21(17)26/h7-10,13-14,16H,3-6,11-12,15H2,1-2H3/t16-/m0/s1. The van der Waals surface area contributed by atoms with Crippen LogP contribution in [-0.4, -0.2) is 45.4 Å². The molecular formula is C23H27ClN2O4S. The Balaban J connectivity index is 1.67. The fourth-order valence-corrected chi connectivity index (χ4v) is 6.50. The van der Waals surface area contributed by atoms with E-state index in [0.717, 1.165) is 42.7 Å². The summed E-state index contributed by atoms with van der Waals surface area (Å²) in [6, 6.07) is 10.2. The number of anilines is 1. The Bertz CT molecular complexity index is 1100. The van der Waals surface area contributed by atoms with Crippen molar-refractivity contribution in [2.24, 2.45) is 5.92 Å². The van der Waals surface area contributed by atoms with E-state index in [4.69, 9.17) is 16.3 Å². The van der Waals surface area contributed by atoms with Gasteiger partial charge in [0.25, 0.3) is 5.91 Å². The number of hydrogen-bond acceptors (Lipinski definition) is 4. The van der Waals surface area contributed by atoms with Crippen molar-refractivity contribution in [1.29, 1.82) is 0 Å². The molecule has 0 N–H and O–H groups in total. The first-order chi connectivity index (χ1) is 14.8. The number of rotatable bonds is 4. The predicted molar refractivity (Wildman–Crippen MR) is 122 cm³/mol. The van der Waals surface area contributed by atoms with Crippen molar-refractivity contribution in [3.8, 4) is 5.75 Å². The van der Waals surface area contributed by atoms with Gasteiger partial charge in [0.2, 0.25) is 10.0 Å². The molecule has 1 atom stereocenters. The Labute approximate surface area is 188 Å². The van der Waals surface area contributed by atoms with Gasteiger partial charge >= 0.3 is 0 Å². The van der Waals surface area contributed by atoms with Crippen LogP contribution in [0, 0.1) is 5.92 Å². The van der Waals surface area contributed by atoms with Crippen LogP contribution in [0.1, 0.15) is 42.1 Å². The van der Waals surface area contributed by atoms with Gasteiger partial charge in [-0.2, -0.15) is 4.31 Å². The number of amides is 1. The molecule has 166 valence electrons. The van der Waals surface area contributed by atoms with Crippen LogP contribution in [0.4, 0.5) is 5.69 Å². The van der Waals surface area contributed by atoms with Crippen molar-refractivity contribution < 1.29 is 17.9 Å². The number of nitrogens with zero attached hydrogens (tertiary/aromatic N) is 2. The van der Waals surface area contributed by atoms with Crippen molar-refractivity contribution in [2.45, 2.75) is 37.5 Å². The van der Waals surface area contributed by atoms with Gasteiger partial charge in [-0.05, 0) is 73.6 Å².